The second kappa shape index (κ2) is 6.11. The van der Waals surface area contributed by atoms with Gasteiger partial charge in [-0.3, -0.25) is 4.79 Å². The number of halogens is 1. The summed E-state index contributed by atoms with van der Waals surface area (Å²) in [7, 11) is 1.33. The van der Waals surface area contributed by atoms with Crippen LogP contribution in [0, 0.1) is 5.82 Å². The van der Waals surface area contributed by atoms with Gasteiger partial charge in [-0.1, -0.05) is 6.07 Å². The van der Waals surface area contributed by atoms with Gasteiger partial charge in [0.1, 0.15) is 11.6 Å². The van der Waals surface area contributed by atoms with Crippen LogP contribution in [-0.4, -0.2) is 35.0 Å². The highest BCUT2D eigenvalue weighted by Crippen LogP contribution is 2.38. The lowest BCUT2D eigenvalue weighted by Crippen LogP contribution is -2.55. The lowest BCUT2D eigenvalue weighted by molar-refractivity contribution is -0.160. The van der Waals surface area contributed by atoms with Crippen molar-refractivity contribution in [3.05, 3.63) is 29.6 Å². The fourth-order valence-corrected chi connectivity index (χ4v) is 2.67. The summed E-state index contributed by atoms with van der Waals surface area (Å²) in [6.45, 7) is 5.91. The molecule has 116 valence electrons. The van der Waals surface area contributed by atoms with Crippen LogP contribution in [0.1, 0.15) is 33.3 Å². The third kappa shape index (κ3) is 2.84. The summed E-state index contributed by atoms with van der Waals surface area (Å²) in [5, 5.41) is 9.68. The van der Waals surface area contributed by atoms with Gasteiger partial charge in [0.15, 0.2) is 5.54 Å². The number of methoxy groups -OCH3 is 1. The molecule has 0 spiro atoms. The van der Waals surface area contributed by atoms with E-state index in [1.807, 2.05) is 0 Å². The van der Waals surface area contributed by atoms with Crippen LogP contribution in [0.3, 0.4) is 0 Å². The summed E-state index contributed by atoms with van der Waals surface area (Å²) in [5.74, 6) is -2.42. The van der Waals surface area contributed by atoms with E-state index >= 15 is 0 Å². The Balaban J connectivity index is 3.70. The summed E-state index contributed by atoms with van der Waals surface area (Å²) >= 11 is 0. The molecule has 21 heavy (non-hydrogen) atoms. The molecule has 0 saturated heterocycles. The van der Waals surface area contributed by atoms with E-state index in [0.29, 0.717) is 0 Å². The molecule has 0 radical (unpaired) electrons. The molecule has 1 atom stereocenters. The highest BCUT2D eigenvalue weighted by atomic mass is 19.1. The Kier molecular flexibility index (Phi) is 4.93. The minimum atomic E-state index is -1.86. The molecule has 0 aromatic heterocycles. The number of carbonyl (C=O) groups is 2. The molecule has 1 aromatic rings. The maximum atomic E-state index is 14.3. The smallest absolute Gasteiger partial charge is 0.334 e. The van der Waals surface area contributed by atoms with E-state index in [0.717, 1.165) is 11.0 Å². The van der Waals surface area contributed by atoms with Crippen LogP contribution in [0.4, 0.5) is 4.39 Å². The predicted octanol–water partition coefficient (Wildman–Crippen LogP) is 2.39. The first-order valence-corrected chi connectivity index (χ1v) is 6.54. The van der Waals surface area contributed by atoms with Gasteiger partial charge in [-0.25, -0.2) is 9.18 Å². The van der Waals surface area contributed by atoms with Crippen LogP contribution in [0.25, 0.3) is 0 Å². The molecule has 0 aliphatic carbocycles. The first-order chi connectivity index (χ1) is 9.67. The quantitative estimate of drug-likeness (QED) is 0.906. The lowest BCUT2D eigenvalue weighted by atomic mass is 9.87. The van der Waals surface area contributed by atoms with E-state index < -0.39 is 29.3 Å². The number of carboxylic acids is 1. The molecular weight excluding hydrogens is 277 g/mol. The van der Waals surface area contributed by atoms with Crippen LogP contribution in [-0.2, 0) is 15.1 Å². The number of carbonyl (C=O) groups excluding carboxylic acids is 1. The van der Waals surface area contributed by atoms with Crippen molar-refractivity contribution >= 4 is 11.9 Å². The third-order valence-electron chi connectivity index (χ3n) is 3.44. The van der Waals surface area contributed by atoms with E-state index in [-0.39, 0.29) is 11.3 Å². The molecule has 0 aliphatic rings. The molecule has 0 fully saturated rings. The van der Waals surface area contributed by atoms with Crippen LogP contribution >= 0.6 is 0 Å². The molecule has 1 rings (SSSR count). The van der Waals surface area contributed by atoms with Gasteiger partial charge in [0.25, 0.3) is 0 Å². The van der Waals surface area contributed by atoms with Crippen molar-refractivity contribution in [2.45, 2.75) is 39.3 Å². The van der Waals surface area contributed by atoms with Gasteiger partial charge in [0, 0.05) is 13.0 Å². The summed E-state index contributed by atoms with van der Waals surface area (Å²) in [5.41, 5.74) is -2.03. The topological polar surface area (TPSA) is 66.8 Å². The lowest BCUT2D eigenvalue weighted by Gasteiger charge is -2.41. The largest absolute Gasteiger partial charge is 0.496 e. The Bertz CT molecular complexity index is 559. The minimum Gasteiger partial charge on any atom is -0.496 e. The van der Waals surface area contributed by atoms with Crippen molar-refractivity contribution < 1.29 is 23.8 Å². The monoisotopic (exact) mass is 297 g/mol. The number of ether oxygens (including phenoxy) is 1. The van der Waals surface area contributed by atoms with Gasteiger partial charge in [0.2, 0.25) is 5.91 Å². The Morgan fingerprint density at radius 1 is 1.38 bits per heavy atom. The first-order valence-electron chi connectivity index (χ1n) is 6.54. The number of amides is 1. The Labute approximate surface area is 123 Å². The number of aliphatic carboxylic acids is 1. The summed E-state index contributed by atoms with van der Waals surface area (Å²) in [6.07, 6.45) is 0. The molecule has 0 saturated carbocycles. The van der Waals surface area contributed by atoms with E-state index in [4.69, 9.17) is 4.74 Å². The molecule has 0 bridgehead atoms. The SMILES string of the molecule is COc1cccc(F)c1C(C)(C(=O)O)N(C(C)=O)C(C)C. The fourth-order valence-electron chi connectivity index (χ4n) is 2.67. The first kappa shape index (κ1) is 16.9. The van der Waals surface area contributed by atoms with Crippen LogP contribution in [0.15, 0.2) is 18.2 Å². The zero-order valence-corrected chi connectivity index (χ0v) is 12.8. The standard InChI is InChI=1S/C15H20FNO4/c1-9(2)17(10(3)18)15(4,14(19)20)13-11(16)7-6-8-12(13)21-5/h6-9H,1-5H3,(H,19,20). The average molecular weight is 297 g/mol. The van der Waals surface area contributed by atoms with Crippen molar-refractivity contribution in [1.82, 2.24) is 4.90 Å². The maximum absolute atomic E-state index is 14.3. The Morgan fingerprint density at radius 2 is 1.95 bits per heavy atom. The van der Waals surface area contributed by atoms with Crippen LogP contribution in [0.2, 0.25) is 0 Å². The molecule has 5 nitrogen and oxygen atoms in total. The number of hydrogen-bond donors (Lipinski definition) is 1. The van der Waals surface area contributed by atoms with Gasteiger partial charge < -0.3 is 14.7 Å². The molecule has 0 heterocycles. The molecule has 1 amide bonds. The Hall–Kier alpha value is -2.11. The van der Waals surface area contributed by atoms with Crippen molar-refractivity contribution in [3.8, 4) is 5.75 Å². The second-order valence-corrected chi connectivity index (χ2v) is 5.18. The summed E-state index contributed by atoms with van der Waals surface area (Å²) in [6, 6.07) is 3.62. The molecule has 1 aromatic carbocycles. The second-order valence-electron chi connectivity index (χ2n) is 5.18. The highest BCUT2D eigenvalue weighted by Gasteiger charge is 2.47. The number of hydrogen-bond acceptors (Lipinski definition) is 3. The zero-order chi connectivity index (χ0) is 16.4. The van der Waals surface area contributed by atoms with Crippen molar-refractivity contribution in [2.75, 3.05) is 7.11 Å². The van der Waals surface area contributed by atoms with E-state index in [1.165, 1.54) is 33.1 Å². The third-order valence-corrected chi connectivity index (χ3v) is 3.44. The van der Waals surface area contributed by atoms with E-state index in [1.54, 1.807) is 13.8 Å². The number of benzene rings is 1. The molecule has 0 aliphatic heterocycles. The highest BCUT2D eigenvalue weighted by molar-refractivity contribution is 5.88. The van der Waals surface area contributed by atoms with E-state index in [2.05, 4.69) is 0 Å². The summed E-state index contributed by atoms with van der Waals surface area (Å²) < 4.78 is 19.4. The number of carboxylic acid groups (broad SMARTS) is 1. The number of rotatable bonds is 5. The maximum Gasteiger partial charge on any atom is 0.334 e. The molecule has 1 N–H and O–H groups in total. The predicted molar refractivity (Wildman–Crippen MR) is 75.6 cm³/mol. The average Bonchev–Trinajstić information content (AvgIpc) is 2.36. The van der Waals surface area contributed by atoms with Gasteiger partial charge in [-0.2, -0.15) is 0 Å². The Morgan fingerprint density at radius 3 is 2.33 bits per heavy atom. The molecule has 6 heteroatoms. The van der Waals surface area contributed by atoms with E-state index in [9.17, 15) is 19.1 Å². The van der Waals surface area contributed by atoms with Crippen LogP contribution < -0.4 is 4.74 Å². The van der Waals surface area contributed by atoms with Gasteiger partial charge in [-0.05, 0) is 32.9 Å². The van der Waals surface area contributed by atoms with Gasteiger partial charge >= 0.3 is 5.97 Å². The molecular formula is C15H20FNO4. The van der Waals surface area contributed by atoms with Crippen LogP contribution in [0.5, 0.6) is 5.75 Å². The normalized spacial score (nSPS) is 13.7. The molecule has 1 unspecified atom stereocenters. The van der Waals surface area contributed by atoms with Gasteiger partial charge in [-0.15, -0.1) is 0 Å². The summed E-state index contributed by atoms with van der Waals surface area (Å²) in [4.78, 5) is 24.9. The zero-order valence-electron chi connectivity index (χ0n) is 12.8. The number of nitrogens with zero attached hydrogens (tertiary/aromatic N) is 1. The fraction of sp³-hybridized carbons (Fsp3) is 0.467. The van der Waals surface area contributed by atoms with Crippen molar-refractivity contribution in [1.29, 1.82) is 0 Å². The van der Waals surface area contributed by atoms with Gasteiger partial charge in [0.05, 0.1) is 12.7 Å². The van der Waals surface area contributed by atoms with Crippen molar-refractivity contribution in [3.63, 3.8) is 0 Å². The minimum absolute atomic E-state index is 0.0896. The van der Waals surface area contributed by atoms with Crippen molar-refractivity contribution in [2.24, 2.45) is 0 Å².